The molecule has 0 aliphatic carbocycles. The fourth-order valence-corrected chi connectivity index (χ4v) is 3.49. The van der Waals surface area contributed by atoms with Gasteiger partial charge in [-0.15, -0.1) is 0 Å². The van der Waals surface area contributed by atoms with E-state index in [1.54, 1.807) is 11.8 Å². The van der Waals surface area contributed by atoms with E-state index in [0.717, 1.165) is 24.3 Å². The van der Waals surface area contributed by atoms with Gasteiger partial charge in [0.2, 0.25) is 5.89 Å². The molecule has 1 aromatic carbocycles. The Morgan fingerprint density at radius 2 is 2.00 bits per heavy atom. The van der Waals surface area contributed by atoms with Crippen molar-refractivity contribution in [3.05, 3.63) is 58.1 Å². The Balaban J connectivity index is 1.36. The number of rotatable bonds is 5. The van der Waals surface area contributed by atoms with E-state index in [4.69, 9.17) is 4.52 Å². The zero-order chi connectivity index (χ0) is 21.8. The van der Waals surface area contributed by atoms with E-state index < -0.39 is 0 Å². The lowest BCUT2D eigenvalue weighted by Gasteiger charge is -2.34. The number of H-pyrrole nitrogens is 1. The van der Waals surface area contributed by atoms with Gasteiger partial charge in [0.05, 0.1) is 6.54 Å². The van der Waals surface area contributed by atoms with Gasteiger partial charge in [0.25, 0.3) is 5.56 Å². The number of carbonyl (C=O) groups excluding carboxylic acids is 1. The van der Waals surface area contributed by atoms with Crippen molar-refractivity contribution in [2.24, 2.45) is 0 Å². The average molecular weight is 423 g/mol. The third-order valence-electron chi connectivity index (χ3n) is 5.14. The molecule has 3 aromatic rings. The first-order chi connectivity index (χ1) is 15.0. The molecular weight excluding hydrogens is 398 g/mol. The predicted molar refractivity (Wildman–Crippen MR) is 115 cm³/mol. The van der Waals surface area contributed by atoms with Crippen molar-refractivity contribution >= 4 is 11.7 Å². The standard InChI is InChI=1S/C21H25N7O3/c1-3-16-12-19(29)25-20(23-16)15-5-4-6-17(11-15)24-21(30)28-9-7-27(8-10-28)13-18-22-14(2)31-26-18/h4-6,11-12H,3,7-10,13H2,1-2H3,(H,24,30)(H,23,25,29). The van der Waals surface area contributed by atoms with Gasteiger partial charge in [-0.3, -0.25) is 9.69 Å². The normalized spacial score (nSPS) is 14.6. The number of benzene rings is 1. The molecule has 1 saturated heterocycles. The Bertz CT molecular complexity index is 1120. The van der Waals surface area contributed by atoms with Crippen LogP contribution in [0.2, 0.25) is 0 Å². The average Bonchev–Trinajstić information content (AvgIpc) is 3.18. The van der Waals surface area contributed by atoms with Crippen molar-refractivity contribution < 1.29 is 9.32 Å². The van der Waals surface area contributed by atoms with Crippen molar-refractivity contribution in [1.29, 1.82) is 0 Å². The highest BCUT2D eigenvalue weighted by Crippen LogP contribution is 2.19. The third kappa shape index (κ3) is 5.15. The summed E-state index contributed by atoms with van der Waals surface area (Å²) in [4.78, 5) is 40.0. The lowest BCUT2D eigenvalue weighted by Crippen LogP contribution is -2.49. The van der Waals surface area contributed by atoms with Crippen LogP contribution in [0.25, 0.3) is 11.4 Å². The van der Waals surface area contributed by atoms with E-state index in [1.165, 1.54) is 6.07 Å². The molecule has 10 nitrogen and oxygen atoms in total. The number of piperazine rings is 1. The van der Waals surface area contributed by atoms with Crippen LogP contribution in [0.1, 0.15) is 24.3 Å². The molecule has 1 fully saturated rings. The SMILES string of the molecule is CCc1cc(=O)[nH]c(-c2cccc(NC(=O)N3CCN(Cc4noc(C)n4)CC3)c2)n1. The molecule has 162 valence electrons. The zero-order valence-corrected chi connectivity index (χ0v) is 17.6. The highest BCUT2D eigenvalue weighted by Gasteiger charge is 2.22. The summed E-state index contributed by atoms with van der Waals surface area (Å²) in [7, 11) is 0. The number of nitrogens with one attached hydrogen (secondary N) is 2. The number of amides is 2. The highest BCUT2D eigenvalue weighted by molar-refractivity contribution is 5.90. The Kier molecular flexibility index (Phi) is 6.08. The van der Waals surface area contributed by atoms with Crippen LogP contribution in [-0.2, 0) is 13.0 Å². The van der Waals surface area contributed by atoms with Gasteiger partial charge >= 0.3 is 6.03 Å². The molecule has 1 aliphatic heterocycles. The topological polar surface area (TPSA) is 120 Å². The van der Waals surface area contributed by atoms with Crippen molar-refractivity contribution in [1.82, 2.24) is 29.9 Å². The number of nitrogens with zero attached hydrogens (tertiary/aromatic N) is 5. The number of aromatic amines is 1. The molecule has 31 heavy (non-hydrogen) atoms. The molecule has 0 unspecified atom stereocenters. The number of aryl methyl sites for hydroxylation is 2. The van der Waals surface area contributed by atoms with E-state index in [2.05, 4.69) is 30.3 Å². The van der Waals surface area contributed by atoms with Crippen LogP contribution in [0.15, 0.2) is 39.6 Å². The summed E-state index contributed by atoms with van der Waals surface area (Å²) < 4.78 is 5.01. The van der Waals surface area contributed by atoms with Crippen LogP contribution in [0.5, 0.6) is 0 Å². The molecular formula is C21H25N7O3. The Hall–Kier alpha value is -3.53. The first kappa shape index (κ1) is 20.7. The first-order valence-corrected chi connectivity index (χ1v) is 10.3. The molecule has 0 spiro atoms. The summed E-state index contributed by atoms with van der Waals surface area (Å²) in [6, 6.07) is 8.65. The van der Waals surface area contributed by atoms with E-state index in [1.807, 2.05) is 31.2 Å². The van der Waals surface area contributed by atoms with Gasteiger partial charge < -0.3 is 19.7 Å². The predicted octanol–water partition coefficient (Wildman–Crippen LogP) is 2.04. The highest BCUT2D eigenvalue weighted by atomic mass is 16.5. The minimum atomic E-state index is -0.190. The van der Waals surface area contributed by atoms with Gasteiger partial charge in [-0.2, -0.15) is 4.98 Å². The van der Waals surface area contributed by atoms with Crippen LogP contribution >= 0.6 is 0 Å². The Morgan fingerprint density at radius 1 is 1.19 bits per heavy atom. The second kappa shape index (κ2) is 9.09. The van der Waals surface area contributed by atoms with Gasteiger partial charge in [-0.1, -0.05) is 24.2 Å². The summed E-state index contributed by atoms with van der Waals surface area (Å²) in [5.41, 5.74) is 1.93. The van der Waals surface area contributed by atoms with Crippen LogP contribution in [-0.4, -0.2) is 62.1 Å². The van der Waals surface area contributed by atoms with Crippen molar-refractivity contribution in [2.75, 3.05) is 31.5 Å². The smallest absolute Gasteiger partial charge is 0.321 e. The van der Waals surface area contributed by atoms with Gasteiger partial charge in [0.15, 0.2) is 5.82 Å². The Labute approximate surface area is 179 Å². The lowest BCUT2D eigenvalue weighted by molar-refractivity contribution is 0.140. The van der Waals surface area contributed by atoms with E-state index >= 15 is 0 Å². The molecule has 4 rings (SSSR count). The second-order valence-electron chi connectivity index (χ2n) is 7.44. The van der Waals surface area contributed by atoms with Gasteiger partial charge in [-0.25, -0.2) is 9.78 Å². The Morgan fingerprint density at radius 3 is 2.71 bits per heavy atom. The minimum absolute atomic E-state index is 0.157. The van der Waals surface area contributed by atoms with Crippen molar-refractivity contribution in [3.63, 3.8) is 0 Å². The molecule has 0 bridgehead atoms. The fourth-order valence-electron chi connectivity index (χ4n) is 3.49. The quantitative estimate of drug-likeness (QED) is 0.644. The van der Waals surface area contributed by atoms with Crippen LogP contribution in [0, 0.1) is 6.92 Å². The van der Waals surface area contributed by atoms with Crippen molar-refractivity contribution in [3.8, 4) is 11.4 Å². The van der Waals surface area contributed by atoms with E-state index in [0.29, 0.717) is 49.3 Å². The summed E-state index contributed by atoms with van der Waals surface area (Å²) in [5, 5.41) is 6.86. The second-order valence-corrected chi connectivity index (χ2v) is 7.44. The van der Waals surface area contributed by atoms with Gasteiger partial charge in [0.1, 0.15) is 5.82 Å². The maximum Gasteiger partial charge on any atom is 0.321 e. The first-order valence-electron chi connectivity index (χ1n) is 10.3. The van der Waals surface area contributed by atoms with Gasteiger partial charge in [-0.05, 0) is 18.6 Å². The molecule has 10 heteroatoms. The van der Waals surface area contributed by atoms with Crippen LogP contribution < -0.4 is 10.9 Å². The molecule has 0 atom stereocenters. The van der Waals surface area contributed by atoms with Crippen LogP contribution in [0.3, 0.4) is 0 Å². The summed E-state index contributed by atoms with van der Waals surface area (Å²) in [6.45, 7) is 7.00. The molecule has 1 aliphatic rings. The molecule has 0 saturated carbocycles. The van der Waals surface area contributed by atoms with Crippen LogP contribution in [0.4, 0.5) is 10.5 Å². The maximum absolute atomic E-state index is 12.7. The van der Waals surface area contributed by atoms with E-state index in [-0.39, 0.29) is 11.6 Å². The van der Waals surface area contributed by atoms with Gasteiger partial charge in [0, 0.05) is 56.1 Å². The number of urea groups is 1. The maximum atomic E-state index is 12.7. The minimum Gasteiger partial charge on any atom is -0.340 e. The molecule has 0 radical (unpaired) electrons. The zero-order valence-electron chi connectivity index (χ0n) is 17.6. The fraction of sp³-hybridized carbons (Fsp3) is 0.381. The number of anilines is 1. The molecule has 2 N–H and O–H groups in total. The third-order valence-corrected chi connectivity index (χ3v) is 5.14. The largest absolute Gasteiger partial charge is 0.340 e. The molecule has 2 aromatic heterocycles. The molecule has 3 heterocycles. The number of hydrogen-bond acceptors (Lipinski definition) is 7. The summed E-state index contributed by atoms with van der Waals surface area (Å²) in [6.07, 6.45) is 0.672. The summed E-state index contributed by atoms with van der Waals surface area (Å²) in [5.74, 6) is 1.70. The monoisotopic (exact) mass is 423 g/mol. The van der Waals surface area contributed by atoms with Crippen molar-refractivity contribution in [2.45, 2.75) is 26.8 Å². The molecule has 2 amide bonds. The number of hydrogen-bond donors (Lipinski definition) is 2. The lowest BCUT2D eigenvalue weighted by atomic mass is 10.2. The summed E-state index contributed by atoms with van der Waals surface area (Å²) >= 11 is 0. The number of aromatic nitrogens is 4. The number of carbonyl (C=O) groups is 1. The van der Waals surface area contributed by atoms with E-state index in [9.17, 15) is 9.59 Å².